The molecule has 0 saturated heterocycles. The molecule has 192 valence electrons. The number of hydrogen-bond donors (Lipinski definition) is 10. The quantitative estimate of drug-likeness (QED) is 0.121. The highest BCUT2D eigenvalue weighted by atomic mass is 32.1. The van der Waals surface area contributed by atoms with E-state index in [0.29, 0.717) is 0 Å². The fraction of sp³-hybridized carbons (Fsp3) is 0.667. The third-order valence-corrected chi connectivity index (χ3v) is 4.21. The fourth-order valence-electron chi connectivity index (χ4n) is 1.66. The van der Waals surface area contributed by atoms with E-state index in [2.05, 4.69) is 35.9 Å². The Kier molecular flexibility index (Phi) is 15.5. The van der Waals surface area contributed by atoms with Crippen LogP contribution in [0.3, 0.4) is 0 Å². The van der Waals surface area contributed by atoms with Crippen LogP contribution >= 0.6 is 25.3 Å². The van der Waals surface area contributed by atoms with Gasteiger partial charge in [-0.25, -0.2) is 9.59 Å². The van der Waals surface area contributed by atoms with Gasteiger partial charge in [0.2, 0.25) is 17.7 Å². The molecule has 0 aromatic carbocycles. The molecule has 0 heterocycles. The first-order chi connectivity index (χ1) is 15.0. The number of carbonyl (C=O) groups excluding carboxylic acids is 3. The lowest BCUT2D eigenvalue weighted by Crippen LogP contribution is -2.60. The molecule has 13 nitrogen and oxygen atoms in total. The van der Waals surface area contributed by atoms with Crippen LogP contribution in [0.15, 0.2) is 0 Å². The molecule has 0 saturated carbocycles. The maximum absolute atomic E-state index is 12.2. The molecule has 0 aromatic heterocycles. The van der Waals surface area contributed by atoms with Crippen molar-refractivity contribution in [3.63, 3.8) is 0 Å². The molecule has 0 aromatic rings. The number of thiol groups is 2. The third-order valence-electron chi connectivity index (χ3n) is 3.45. The molecule has 0 radical (unpaired) electrons. The Hall–Kier alpha value is -2.28. The van der Waals surface area contributed by atoms with Gasteiger partial charge in [-0.3, -0.25) is 14.4 Å². The highest BCUT2D eigenvalue weighted by Gasteiger charge is 2.38. The lowest BCUT2D eigenvalue weighted by molar-refractivity contribution is -0.192. The van der Waals surface area contributed by atoms with E-state index in [1.165, 1.54) is 6.92 Å². The van der Waals surface area contributed by atoms with E-state index in [9.17, 15) is 37.5 Å². The van der Waals surface area contributed by atoms with Crippen molar-refractivity contribution >= 4 is 54.9 Å². The molecule has 0 unspecified atom stereocenters. The molecule has 5 atom stereocenters. The summed E-state index contributed by atoms with van der Waals surface area (Å²) in [6.45, 7) is 0.322. The van der Waals surface area contributed by atoms with Crippen LogP contribution in [0.2, 0.25) is 0 Å². The molecule has 0 aliphatic heterocycles. The third kappa shape index (κ3) is 13.1. The maximum atomic E-state index is 12.2. The predicted molar refractivity (Wildman–Crippen MR) is 112 cm³/mol. The fourth-order valence-corrected chi connectivity index (χ4v) is 2.08. The number of nitrogens with one attached hydrogen (secondary N) is 3. The average molecular weight is 527 g/mol. The molecule has 0 rings (SSSR count). The van der Waals surface area contributed by atoms with Gasteiger partial charge < -0.3 is 42.1 Å². The zero-order chi connectivity index (χ0) is 26.5. The number of carboxylic acids is 2. The summed E-state index contributed by atoms with van der Waals surface area (Å²) in [6, 6.07) is -5.23. The van der Waals surface area contributed by atoms with E-state index in [1.54, 1.807) is 0 Å². The van der Waals surface area contributed by atoms with Crippen LogP contribution < -0.4 is 21.7 Å². The zero-order valence-electron chi connectivity index (χ0n) is 16.9. The number of aliphatic hydroxyl groups is 2. The number of alkyl halides is 3. The average Bonchev–Trinajstić information content (AvgIpc) is 2.71. The van der Waals surface area contributed by atoms with Gasteiger partial charge in [0.05, 0.1) is 18.8 Å². The predicted octanol–water partition coefficient (Wildman–Crippen LogP) is -3.28. The number of nitrogens with two attached hydrogens (primary N) is 1. The second kappa shape index (κ2) is 15.5. The molecule has 0 bridgehead atoms. The summed E-state index contributed by atoms with van der Waals surface area (Å²) in [4.78, 5) is 55.8. The van der Waals surface area contributed by atoms with E-state index < -0.39 is 72.7 Å². The maximum Gasteiger partial charge on any atom is 0.490 e. The largest absolute Gasteiger partial charge is 0.490 e. The molecule has 0 spiro atoms. The lowest BCUT2D eigenvalue weighted by Gasteiger charge is -2.25. The Bertz CT molecular complexity index is 698. The highest BCUT2D eigenvalue weighted by Crippen LogP contribution is 2.13. The first-order valence-electron chi connectivity index (χ1n) is 8.73. The second-order valence-corrected chi connectivity index (χ2v) is 6.87. The smallest absolute Gasteiger partial charge is 0.480 e. The van der Waals surface area contributed by atoms with Crippen LogP contribution in [0, 0.1) is 0 Å². The normalized spacial score (nSPS) is 15.4. The van der Waals surface area contributed by atoms with Crippen LogP contribution in [0.4, 0.5) is 13.2 Å². The van der Waals surface area contributed by atoms with Gasteiger partial charge in [0.15, 0.2) is 0 Å². The minimum Gasteiger partial charge on any atom is -0.480 e. The van der Waals surface area contributed by atoms with Crippen molar-refractivity contribution in [2.75, 3.05) is 18.1 Å². The lowest BCUT2D eigenvalue weighted by atomic mass is 10.1. The summed E-state index contributed by atoms with van der Waals surface area (Å²) < 4.78 is 31.7. The van der Waals surface area contributed by atoms with Gasteiger partial charge in [-0.15, -0.1) is 0 Å². The van der Waals surface area contributed by atoms with Crippen molar-refractivity contribution in [1.29, 1.82) is 0 Å². The molecule has 9 N–H and O–H groups in total. The number of rotatable bonds is 11. The first kappa shape index (κ1) is 32.9. The van der Waals surface area contributed by atoms with Crippen LogP contribution in [0.25, 0.3) is 0 Å². The van der Waals surface area contributed by atoms with Crippen molar-refractivity contribution in [3.8, 4) is 0 Å². The number of carboxylic acid groups (broad SMARTS) is 2. The van der Waals surface area contributed by atoms with E-state index in [-0.39, 0.29) is 11.5 Å². The number of carbonyl (C=O) groups is 5. The van der Waals surface area contributed by atoms with Gasteiger partial charge in [-0.1, -0.05) is 0 Å². The minimum atomic E-state index is -5.08. The molecule has 0 aliphatic carbocycles. The van der Waals surface area contributed by atoms with Crippen molar-refractivity contribution in [2.45, 2.75) is 43.4 Å². The van der Waals surface area contributed by atoms with Gasteiger partial charge in [0.1, 0.15) is 18.1 Å². The van der Waals surface area contributed by atoms with Gasteiger partial charge in [0.25, 0.3) is 0 Å². The Morgan fingerprint density at radius 3 is 1.67 bits per heavy atom. The van der Waals surface area contributed by atoms with Crippen molar-refractivity contribution < 1.29 is 57.6 Å². The van der Waals surface area contributed by atoms with Crippen molar-refractivity contribution in [1.82, 2.24) is 16.0 Å². The summed E-state index contributed by atoms with van der Waals surface area (Å²) in [5.41, 5.74) is 5.49. The van der Waals surface area contributed by atoms with E-state index >= 15 is 0 Å². The number of halogens is 3. The van der Waals surface area contributed by atoms with E-state index in [4.69, 9.17) is 25.8 Å². The molecule has 0 aliphatic rings. The second-order valence-electron chi connectivity index (χ2n) is 6.14. The first-order valence-corrected chi connectivity index (χ1v) is 10.00. The topological polar surface area (TPSA) is 228 Å². The number of hydrogen-bond acceptors (Lipinski definition) is 10. The van der Waals surface area contributed by atoms with Crippen molar-refractivity contribution in [3.05, 3.63) is 0 Å². The summed E-state index contributed by atoms with van der Waals surface area (Å²) in [5.74, 6) is -6.84. The molecule has 3 amide bonds. The van der Waals surface area contributed by atoms with Crippen LogP contribution in [-0.2, 0) is 24.0 Å². The highest BCUT2D eigenvalue weighted by molar-refractivity contribution is 7.80. The summed E-state index contributed by atoms with van der Waals surface area (Å²) in [7, 11) is 0. The standard InChI is InChI=1S/C13H24N4O7S2.C2HF3O2/c1-5(19)9(12(22)15-7(2-18)13(23)24)17-11(21)8(4-26)16-10(20)6(14)3-25;3-2(4,5)1(6)7/h5-9,18-19,25-26H,2-4,14H2,1H3,(H,15,22)(H,16,20)(H,17,21)(H,23,24);(H,6,7)/t5-,6+,7+,8+,9+;/m1./s1. The molecule has 33 heavy (non-hydrogen) atoms. The minimum absolute atomic E-state index is 0.0448. The Morgan fingerprint density at radius 1 is 0.909 bits per heavy atom. The van der Waals surface area contributed by atoms with Crippen LogP contribution in [-0.4, -0.2) is 105 Å². The Balaban J connectivity index is 0. The number of aliphatic carboxylic acids is 2. The SMILES string of the molecule is C[C@@H](O)[C@H](NC(=O)[C@H](CS)NC(=O)[C@@H](N)CS)C(=O)N[C@@H](CO)C(=O)O.O=C(O)C(F)(F)F. The number of aliphatic hydroxyl groups excluding tert-OH is 2. The van der Waals surface area contributed by atoms with Crippen molar-refractivity contribution in [2.24, 2.45) is 5.73 Å². The van der Waals surface area contributed by atoms with Gasteiger partial charge in [-0.05, 0) is 6.92 Å². The monoisotopic (exact) mass is 526 g/mol. The van der Waals surface area contributed by atoms with Gasteiger partial charge >= 0.3 is 18.1 Å². The van der Waals surface area contributed by atoms with E-state index in [1.807, 2.05) is 5.32 Å². The van der Waals surface area contributed by atoms with Gasteiger partial charge in [-0.2, -0.15) is 38.4 Å². The summed E-state index contributed by atoms with van der Waals surface area (Å²) in [5, 5.41) is 41.1. The molecular weight excluding hydrogens is 501 g/mol. The van der Waals surface area contributed by atoms with Gasteiger partial charge in [0, 0.05) is 11.5 Å². The zero-order valence-corrected chi connectivity index (χ0v) is 18.7. The molecular formula is C15H25F3N4O9S2. The van der Waals surface area contributed by atoms with Crippen LogP contribution in [0.5, 0.6) is 0 Å². The van der Waals surface area contributed by atoms with E-state index in [0.717, 1.165) is 0 Å². The van der Waals surface area contributed by atoms with Crippen LogP contribution in [0.1, 0.15) is 6.92 Å². The Morgan fingerprint density at radius 2 is 1.36 bits per heavy atom. The summed E-state index contributed by atoms with van der Waals surface area (Å²) in [6.07, 6.45) is -6.47. The summed E-state index contributed by atoms with van der Waals surface area (Å²) >= 11 is 7.81. The Labute approximate surface area is 196 Å². The molecule has 0 fully saturated rings. The molecule has 18 heteroatoms. The number of amides is 3.